The van der Waals surface area contributed by atoms with Crippen LogP contribution in [0.25, 0.3) is 0 Å². The molecule has 8 heavy (non-hydrogen) atoms. The summed E-state index contributed by atoms with van der Waals surface area (Å²) in [5, 5.41) is 2.65. The van der Waals surface area contributed by atoms with Gasteiger partial charge in [-0.3, -0.25) is 0 Å². The van der Waals surface area contributed by atoms with Gasteiger partial charge in [-0.05, 0) is 7.05 Å². The number of rotatable bonds is 2. The SMILES string of the molecule is CC.CNCC=O.[B]. The summed E-state index contributed by atoms with van der Waals surface area (Å²) in [5.41, 5.74) is 0. The Kier molecular flexibility index (Phi) is 58.5. The van der Waals surface area contributed by atoms with E-state index < -0.39 is 0 Å². The fourth-order valence-corrected chi connectivity index (χ4v) is 0.0833. The van der Waals surface area contributed by atoms with Crippen LogP contribution in [-0.2, 0) is 4.79 Å². The van der Waals surface area contributed by atoms with Crippen LogP contribution in [0.3, 0.4) is 0 Å². The average Bonchev–Trinajstić information content (AvgIpc) is 1.75. The van der Waals surface area contributed by atoms with E-state index in [9.17, 15) is 4.79 Å². The van der Waals surface area contributed by atoms with E-state index >= 15 is 0 Å². The predicted molar refractivity (Wildman–Crippen MR) is 37.1 cm³/mol. The van der Waals surface area contributed by atoms with E-state index in [0.29, 0.717) is 6.54 Å². The molecule has 0 aromatic rings. The van der Waals surface area contributed by atoms with Gasteiger partial charge in [-0.25, -0.2) is 0 Å². The van der Waals surface area contributed by atoms with Crippen molar-refractivity contribution < 1.29 is 4.79 Å². The standard InChI is InChI=1S/C3H7NO.C2H6.B/c1-4-2-3-5;1-2;/h3-4H,2H2,1H3;1-2H3;. The first-order valence-electron chi connectivity index (χ1n) is 2.50. The molecule has 0 fully saturated rings. The lowest BCUT2D eigenvalue weighted by Crippen LogP contribution is -2.07. The normalized spacial score (nSPS) is 5.38. The van der Waals surface area contributed by atoms with Crippen LogP contribution in [0.4, 0.5) is 0 Å². The lowest BCUT2D eigenvalue weighted by molar-refractivity contribution is -0.107. The molecule has 0 rings (SSSR count). The number of likely N-dealkylation sites (N-methyl/N-ethyl adjacent to an activating group) is 1. The molecule has 0 aromatic carbocycles. The van der Waals surface area contributed by atoms with Gasteiger partial charge < -0.3 is 10.1 Å². The van der Waals surface area contributed by atoms with E-state index in [2.05, 4.69) is 5.32 Å². The van der Waals surface area contributed by atoms with Crippen LogP contribution in [0.5, 0.6) is 0 Å². The van der Waals surface area contributed by atoms with Gasteiger partial charge in [-0.15, -0.1) is 0 Å². The molecule has 1 N–H and O–H groups in total. The first-order chi connectivity index (χ1) is 3.41. The van der Waals surface area contributed by atoms with Crippen molar-refractivity contribution in [3.05, 3.63) is 0 Å². The highest BCUT2D eigenvalue weighted by Crippen LogP contribution is 1.32. The quantitative estimate of drug-likeness (QED) is 0.406. The summed E-state index contributed by atoms with van der Waals surface area (Å²) in [6.45, 7) is 4.46. The van der Waals surface area contributed by atoms with Crippen LogP contribution in [0, 0.1) is 0 Å². The molecule has 0 aromatic heterocycles. The Morgan fingerprint density at radius 1 is 1.50 bits per heavy atom. The van der Waals surface area contributed by atoms with Crippen molar-refractivity contribution in [3.8, 4) is 0 Å². The maximum Gasteiger partial charge on any atom is 0.133 e. The number of aldehydes is 1. The van der Waals surface area contributed by atoms with Crippen molar-refractivity contribution in [2.75, 3.05) is 13.6 Å². The minimum Gasteiger partial charge on any atom is -0.313 e. The minimum absolute atomic E-state index is 0. The Morgan fingerprint density at radius 2 is 1.88 bits per heavy atom. The van der Waals surface area contributed by atoms with Crippen LogP contribution in [-0.4, -0.2) is 28.3 Å². The third-order valence-corrected chi connectivity index (χ3v) is 0.287. The van der Waals surface area contributed by atoms with Gasteiger partial charge in [0.1, 0.15) is 6.29 Å². The Balaban J connectivity index is -0.0000000750. The summed E-state index contributed by atoms with van der Waals surface area (Å²) in [7, 11) is 1.73. The zero-order chi connectivity index (χ0) is 6.12. The second-order valence-electron chi connectivity index (χ2n) is 0.724. The number of carbonyl (C=O) groups is 1. The molecule has 47 valence electrons. The molecule has 3 heteroatoms. The molecule has 0 saturated carbocycles. The summed E-state index contributed by atoms with van der Waals surface area (Å²) in [4.78, 5) is 9.34. The number of nitrogens with one attached hydrogen (secondary N) is 1. The fourth-order valence-electron chi connectivity index (χ4n) is 0.0833. The minimum atomic E-state index is 0. The molecule has 3 radical (unpaired) electrons. The van der Waals surface area contributed by atoms with Crippen molar-refractivity contribution in [2.24, 2.45) is 0 Å². The van der Waals surface area contributed by atoms with Gasteiger partial charge >= 0.3 is 0 Å². The van der Waals surface area contributed by atoms with Crippen molar-refractivity contribution in [1.82, 2.24) is 5.32 Å². The van der Waals surface area contributed by atoms with Crippen LogP contribution in [0.15, 0.2) is 0 Å². The second-order valence-corrected chi connectivity index (χ2v) is 0.724. The molecule has 2 nitrogen and oxygen atoms in total. The Bertz CT molecular complexity index is 33.6. The first-order valence-corrected chi connectivity index (χ1v) is 2.50. The van der Waals surface area contributed by atoms with Crippen LogP contribution in [0.2, 0.25) is 0 Å². The maximum absolute atomic E-state index is 9.34. The topological polar surface area (TPSA) is 29.1 Å². The number of hydrogen-bond acceptors (Lipinski definition) is 2. The Morgan fingerprint density at radius 3 is 1.88 bits per heavy atom. The maximum atomic E-state index is 9.34. The summed E-state index contributed by atoms with van der Waals surface area (Å²) >= 11 is 0. The Labute approximate surface area is 53.2 Å². The van der Waals surface area contributed by atoms with Crippen molar-refractivity contribution >= 4 is 14.7 Å². The predicted octanol–water partition coefficient (Wildman–Crippen LogP) is 0.0501. The summed E-state index contributed by atoms with van der Waals surface area (Å²) in [6, 6.07) is 0. The Hall–Kier alpha value is -0.305. The van der Waals surface area contributed by atoms with Gasteiger partial charge in [0, 0.05) is 8.41 Å². The van der Waals surface area contributed by atoms with Crippen LogP contribution < -0.4 is 5.32 Å². The molecule has 0 saturated heterocycles. The van der Waals surface area contributed by atoms with Gasteiger partial charge in [-0.2, -0.15) is 0 Å². The summed E-state index contributed by atoms with van der Waals surface area (Å²) in [5.74, 6) is 0. The van der Waals surface area contributed by atoms with Crippen molar-refractivity contribution in [2.45, 2.75) is 13.8 Å². The van der Waals surface area contributed by atoms with Gasteiger partial charge in [0.2, 0.25) is 0 Å². The molecule has 0 heterocycles. The van der Waals surface area contributed by atoms with E-state index in [-0.39, 0.29) is 8.41 Å². The van der Waals surface area contributed by atoms with Gasteiger partial charge in [0.25, 0.3) is 0 Å². The van der Waals surface area contributed by atoms with Crippen LogP contribution in [0.1, 0.15) is 13.8 Å². The molecule has 0 atom stereocenters. The smallest absolute Gasteiger partial charge is 0.133 e. The second kappa shape index (κ2) is 29.9. The first kappa shape index (κ1) is 15.6. The highest BCUT2D eigenvalue weighted by Gasteiger charge is 1.62. The lowest BCUT2D eigenvalue weighted by Gasteiger charge is -1.75. The monoisotopic (exact) mass is 114 g/mol. The van der Waals surface area contributed by atoms with E-state index in [1.54, 1.807) is 7.05 Å². The van der Waals surface area contributed by atoms with Gasteiger partial charge in [0.05, 0.1) is 6.54 Å². The molecule has 0 aliphatic heterocycles. The highest BCUT2D eigenvalue weighted by molar-refractivity contribution is 5.75. The lowest BCUT2D eigenvalue weighted by atomic mass is 10.7. The van der Waals surface area contributed by atoms with Gasteiger partial charge in [-0.1, -0.05) is 13.8 Å². The van der Waals surface area contributed by atoms with Gasteiger partial charge in [0.15, 0.2) is 0 Å². The molecule has 0 aliphatic rings. The van der Waals surface area contributed by atoms with Crippen molar-refractivity contribution in [1.29, 1.82) is 0 Å². The number of hydrogen-bond donors (Lipinski definition) is 1. The van der Waals surface area contributed by atoms with Crippen molar-refractivity contribution in [3.63, 3.8) is 0 Å². The highest BCUT2D eigenvalue weighted by atomic mass is 16.1. The molecular formula is C5H13BNO. The zero-order valence-electron chi connectivity index (χ0n) is 5.77. The van der Waals surface area contributed by atoms with Crippen LogP contribution >= 0.6 is 0 Å². The third kappa shape index (κ3) is 43.7. The molecule has 0 amide bonds. The molecule has 0 aliphatic carbocycles. The van der Waals surface area contributed by atoms with E-state index in [4.69, 9.17) is 0 Å². The third-order valence-electron chi connectivity index (χ3n) is 0.287. The van der Waals surface area contributed by atoms with E-state index in [1.165, 1.54) is 0 Å². The number of carbonyl (C=O) groups excluding carboxylic acids is 1. The molecular weight excluding hydrogens is 101 g/mol. The fraction of sp³-hybridized carbons (Fsp3) is 0.800. The van der Waals surface area contributed by atoms with E-state index in [1.807, 2.05) is 13.8 Å². The molecule has 0 bridgehead atoms. The molecule has 0 unspecified atom stereocenters. The summed E-state index contributed by atoms with van der Waals surface area (Å²) in [6.07, 6.45) is 0.819. The zero-order valence-corrected chi connectivity index (χ0v) is 5.77. The summed E-state index contributed by atoms with van der Waals surface area (Å²) < 4.78 is 0. The molecule has 0 spiro atoms. The largest absolute Gasteiger partial charge is 0.313 e. The van der Waals surface area contributed by atoms with E-state index in [0.717, 1.165) is 6.29 Å². The average molecular weight is 114 g/mol.